The summed E-state index contributed by atoms with van der Waals surface area (Å²) in [6.07, 6.45) is 3.05. The fourth-order valence-electron chi connectivity index (χ4n) is 3.38. The van der Waals surface area contributed by atoms with Crippen LogP contribution in [0.4, 0.5) is 14.9 Å². The Hall–Kier alpha value is -2.67. The van der Waals surface area contributed by atoms with Crippen molar-refractivity contribution in [3.63, 3.8) is 0 Å². The lowest BCUT2D eigenvalue weighted by Gasteiger charge is -2.29. The summed E-state index contributed by atoms with van der Waals surface area (Å²) in [5.41, 5.74) is 1.88. The monoisotopic (exact) mass is 417 g/mol. The summed E-state index contributed by atoms with van der Waals surface area (Å²) >= 11 is 1.12. The highest BCUT2D eigenvalue weighted by Crippen LogP contribution is 2.44. The molecule has 1 N–H and O–H groups in total. The first-order valence-electron chi connectivity index (χ1n) is 9.59. The number of hydrogen-bond donors (Lipinski definition) is 1. The summed E-state index contributed by atoms with van der Waals surface area (Å²) in [4.78, 5) is 26.8. The minimum atomic E-state index is -1.44. The molecule has 2 aromatic rings. The molecule has 3 rings (SSSR count). The largest absolute Gasteiger partial charge is 0.512 e. The van der Waals surface area contributed by atoms with E-state index in [0.717, 1.165) is 35.3 Å². The molecule has 5 nitrogen and oxygen atoms in total. The van der Waals surface area contributed by atoms with Crippen molar-refractivity contribution in [1.82, 2.24) is 0 Å². The van der Waals surface area contributed by atoms with Crippen molar-refractivity contribution >= 4 is 29.1 Å². The topological polar surface area (TPSA) is 66.8 Å². The van der Waals surface area contributed by atoms with Gasteiger partial charge in [0.15, 0.2) is 0 Å². The molecule has 1 aliphatic rings. The van der Waals surface area contributed by atoms with Gasteiger partial charge in [0.1, 0.15) is 5.82 Å². The van der Waals surface area contributed by atoms with Crippen LogP contribution in [0.5, 0.6) is 5.06 Å². The van der Waals surface area contributed by atoms with Crippen LogP contribution in [0.15, 0.2) is 42.0 Å². The Labute approximate surface area is 173 Å². The number of amides is 1. The normalized spacial score (nSPS) is 16.4. The highest BCUT2D eigenvalue weighted by atomic mass is 32.1. The van der Waals surface area contributed by atoms with Crippen molar-refractivity contribution in [1.29, 1.82) is 0 Å². The SMILES string of the molecule is CC1CC=C(C(=O)N(c2cc(-c3ccc(F)cc3)sc2OC(=O)O)C(C)C)CC1. The molecule has 0 saturated carbocycles. The standard InChI is InChI=1S/C22H24FNO4S/c1-13(2)24(20(25)16-6-4-14(3)5-7-16)18-12-19(29-21(18)28-22(26)27)15-8-10-17(23)11-9-15/h6,8-14H,4-5,7H2,1-3H3,(H,26,27). The van der Waals surface area contributed by atoms with Gasteiger partial charge in [-0.1, -0.05) is 36.5 Å². The van der Waals surface area contributed by atoms with Crippen LogP contribution in [-0.4, -0.2) is 23.2 Å². The molecule has 1 aromatic heterocycles. The lowest BCUT2D eigenvalue weighted by molar-refractivity contribution is -0.115. The minimum absolute atomic E-state index is 0.128. The van der Waals surface area contributed by atoms with Gasteiger partial charge >= 0.3 is 6.16 Å². The number of carboxylic acid groups (broad SMARTS) is 1. The zero-order valence-electron chi connectivity index (χ0n) is 16.6. The molecule has 7 heteroatoms. The molecule has 1 atom stereocenters. The molecular formula is C22H24FNO4S. The third-order valence-electron chi connectivity index (χ3n) is 4.93. The summed E-state index contributed by atoms with van der Waals surface area (Å²) in [5.74, 6) is 0.0618. The Morgan fingerprint density at radius 1 is 1.28 bits per heavy atom. The van der Waals surface area contributed by atoms with Crippen molar-refractivity contribution in [3.05, 3.63) is 47.8 Å². The number of hydrogen-bond acceptors (Lipinski definition) is 4. The number of carbonyl (C=O) groups excluding carboxylic acids is 1. The molecule has 0 fully saturated rings. The van der Waals surface area contributed by atoms with Crippen LogP contribution in [0.2, 0.25) is 0 Å². The number of nitrogens with zero attached hydrogens (tertiary/aromatic N) is 1. The minimum Gasteiger partial charge on any atom is -0.449 e. The van der Waals surface area contributed by atoms with Crippen LogP contribution in [-0.2, 0) is 4.79 Å². The quantitative estimate of drug-likeness (QED) is 0.597. The fourth-order valence-corrected chi connectivity index (χ4v) is 4.38. The van der Waals surface area contributed by atoms with Gasteiger partial charge in [0.2, 0.25) is 5.06 Å². The average Bonchev–Trinajstić information content (AvgIpc) is 3.05. The van der Waals surface area contributed by atoms with Gasteiger partial charge in [-0.15, -0.1) is 0 Å². The second-order valence-electron chi connectivity index (χ2n) is 7.54. The van der Waals surface area contributed by atoms with E-state index in [4.69, 9.17) is 9.84 Å². The van der Waals surface area contributed by atoms with E-state index in [0.29, 0.717) is 22.9 Å². The number of halogens is 1. The first-order chi connectivity index (χ1) is 13.8. The average molecular weight is 418 g/mol. The predicted octanol–water partition coefficient (Wildman–Crippen LogP) is 6.10. The van der Waals surface area contributed by atoms with Crippen molar-refractivity contribution in [3.8, 4) is 15.5 Å². The molecule has 0 bridgehead atoms. The van der Waals surface area contributed by atoms with E-state index in [1.165, 1.54) is 12.1 Å². The Balaban J connectivity index is 2.03. The first kappa shape index (κ1) is 21.0. The second-order valence-corrected chi connectivity index (χ2v) is 8.55. The van der Waals surface area contributed by atoms with E-state index in [2.05, 4.69) is 6.92 Å². The molecule has 0 radical (unpaired) electrons. The van der Waals surface area contributed by atoms with Crippen LogP contribution in [0.25, 0.3) is 10.4 Å². The number of ether oxygens (including phenoxy) is 1. The van der Waals surface area contributed by atoms with Crippen molar-refractivity contribution in [2.45, 2.75) is 46.1 Å². The molecule has 0 spiro atoms. The number of allylic oxidation sites excluding steroid dienone is 1. The number of rotatable bonds is 5. The first-order valence-corrected chi connectivity index (χ1v) is 10.4. The summed E-state index contributed by atoms with van der Waals surface area (Å²) in [6.45, 7) is 5.91. The molecular weight excluding hydrogens is 393 g/mol. The molecule has 1 amide bonds. The Morgan fingerprint density at radius 2 is 1.97 bits per heavy atom. The highest BCUT2D eigenvalue weighted by molar-refractivity contribution is 7.18. The van der Waals surface area contributed by atoms with Crippen molar-refractivity contribution in [2.24, 2.45) is 5.92 Å². The Morgan fingerprint density at radius 3 is 2.52 bits per heavy atom. The van der Waals surface area contributed by atoms with Gasteiger partial charge in [-0.05, 0) is 62.8 Å². The Bertz CT molecular complexity index is 933. The van der Waals surface area contributed by atoms with Gasteiger partial charge in [0.05, 0.1) is 5.69 Å². The fraction of sp³-hybridized carbons (Fsp3) is 0.364. The zero-order valence-corrected chi connectivity index (χ0v) is 17.5. The lowest BCUT2D eigenvalue weighted by Crippen LogP contribution is -2.38. The summed E-state index contributed by atoms with van der Waals surface area (Å²) in [7, 11) is 0. The maximum Gasteiger partial charge on any atom is 0.512 e. The van der Waals surface area contributed by atoms with E-state index in [1.807, 2.05) is 19.9 Å². The third kappa shape index (κ3) is 4.85. The van der Waals surface area contributed by atoms with E-state index < -0.39 is 6.16 Å². The van der Waals surface area contributed by atoms with Crippen molar-refractivity contribution in [2.75, 3.05) is 4.90 Å². The van der Waals surface area contributed by atoms with Gasteiger partial charge in [-0.25, -0.2) is 9.18 Å². The van der Waals surface area contributed by atoms with Crippen LogP contribution in [0, 0.1) is 11.7 Å². The lowest BCUT2D eigenvalue weighted by atomic mass is 9.90. The number of anilines is 1. The van der Waals surface area contributed by atoms with Crippen molar-refractivity contribution < 1.29 is 23.8 Å². The summed E-state index contributed by atoms with van der Waals surface area (Å²) < 4.78 is 18.3. The van der Waals surface area contributed by atoms with E-state index in [1.54, 1.807) is 23.1 Å². The molecule has 29 heavy (non-hydrogen) atoms. The van der Waals surface area contributed by atoms with Crippen LogP contribution >= 0.6 is 11.3 Å². The van der Waals surface area contributed by atoms with E-state index >= 15 is 0 Å². The predicted molar refractivity (Wildman–Crippen MR) is 112 cm³/mol. The summed E-state index contributed by atoms with van der Waals surface area (Å²) in [6, 6.07) is 7.44. The third-order valence-corrected chi connectivity index (χ3v) is 5.98. The molecule has 1 unspecified atom stereocenters. The van der Waals surface area contributed by atoms with Crippen LogP contribution in [0.3, 0.4) is 0 Å². The molecule has 0 aliphatic heterocycles. The maximum absolute atomic E-state index is 13.3. The number of carbonyl (C=O) groups is 2. The molecule has 1 aromatic carbocycles. The maximum atomic E-state index is 13.3. The van der Waals surface area contributed by atoms with E-state index in [-0.39, 0.29) is 22.8 Å². The number of thiophene rings is 1. The highest BCUT2D eigenvalue weighted by Gasteiger charge is 2.29. The smallest absolute Gasteiger partial charge is 0.449 e. The van der Waals surface area contributed by atoms with Crippen LogP contribution < -0.4 is 9.64 Å². The van der Waals surface area contributed by atoms with Gasteiger partial charge in [-0.2, -0.15) is 0 Å². The van der Waals surface area contributed by atoms with Gasteiger partial charge < -0.3 is 14.7 Å². The Kier molecular flexibility index (Phi) is 6.37. The molecule has 1 aliphatic carbocycles. The van der Waals surface area contributed by atoms with Gasteiger partial charge in [0, 0.05) is 16.5 Å². The summed E-state index contributed by atoms with van der Waals surface area (Å²) in [5, 5.41) is 9.29. The van der Waals surface area contributed by atoms with Crippen LogP contribution in [0.1, 0.15) is 40.0 Å². The van der Waals surface area contributed by atoms with E-state index in [9.17, 15) is 14.0 Å². The van der Waals surface area contributed by atoms with Gasteiger partial charge in [0.25, 0.3) is 5.91 Å². The zero-order chi connectivity index (χ0) is 21.1. The van der Waals surface area contributed by atoms with Gasteiger partial charge in [-0.3, -0.25) is 4.79 Å². The second kappa shape index (κ2) is 8.78. The molecule has 1 heterocycles. The number of benzene rings is 1. The molecule has 154 valence electrons. The molecule has 0 saturated heterocycles.